The number of benzene rings is 2. The molecule has 1 atom stereocenters. The van der Waals surface area contributed by atoms with Crippen LogP contribution < -0.4 is 15.4 Å². The topological polar surface area (TPSA) is 67.4 Å². The molecule has 2 amide bonds. The van der Waals surface area contributed by atoms with Crippen molar-refractivity contribution in [3.63, 3.8) is 0 Å². The zero-order valence-corrected chi connectivity index (χ0v) is 14.7. The molecule has 2 aromatic rings. The number of alkyl halides is 2. The van der Waals surface area contributed by atoms with Crippen molar-refractivity contribution in [2.45, 2.75) is 32.4 Å². The van der Waals surface area contributed by atoms with Crippen molar-refractivity contribution in [1.82, 2.24) is 5.32 Å². The molecule has 1 fully saturated rings. The molecule has 2 N–H and O–H groups in total. The predicted molar refractivity (Wildman–Crippen MR) is 96.8 cm³/mol. The van der Waals surface area contributed by atoms with E-state index in [1.807, 2.05) is 0 Å². The van der Waals surface area contributed by atoms with Crippen LogP contribution in [-0.4, -0.2) is 18.4 Å². The van der Waals surface area contributed by atoms with E-state index in [1.165, 1.54) is 18.2 Å². The van der Waals surface area contributed by atoms with Gasteiger partial charge >= 0.3 is 6.61 Å². The third kappa shape index (κ3) is 5.03. The lowest BCUT2D eigenvalue weighted by molar-refractivity contribution is -0.117. The first-order valence-electron chi connectivity index (χ1n) is 8.69. The van der Waals surface area contributed by atoms with Crippen LogP contribution in [0, 0.1) is 5.92 Å². The summed E-state index contributed by atoms with van der Waals surface area (Å²) in [6.45, 7) is -1.22. The molecule has 0 spiro atoms. The average Bonchev–Trinajstić information content (AvgIpc) is 3.47. The summed E-state index contributed by atoms with van der Waals surface area (Å²) in [4.78, 5) is 24.2. The highest BCUT2D eigenvalue weighted by Crippen LogP contribution is 2.30. The summed E-state index contributed by atoms with van der Waals surface area (Å²) < 4.78 is 29.4. The van der Waals surface area contributed by atoms with Gasteiger partial charge in [0.05, 0.1) is 11.6 Å². The minimum atomic E-state index is -3.00. The van der Waals surface area contributed by atoms with Crippen molar-refractivity contribution in [3.8, 4) is 5.75 Å². The Morgan fingerprint density at radius 1 is 1.07 bits per heavy atom. The second kappa shape index (κ2) is 8.16. The molecule has 1 unspecified atom stereocenters. The molecule has 2 aromatic carbocycles. The molecule has 1 saturated carbocycles. The van der Waals surface area contributed by atoms with Crippen LogP contribution in [0.25, 0.3) is 0 Å². The molecule has 7 heteroatoms. The van der Waals surface area contributed by atoms with Crippen molar-refractivity contribution in [1.29, 1.82) is 0 Å². The third-order valence-electron chi connectivity index (χ3n) is 4.32. The van der Waals surface area contributed by atoms with E-state index in [0.717, 1.165) is 18.4 Å². The standard InChI is InChI=1S/C20H20F2N2O3/c1-12(13-8-10-15(11-9-13)24-18(25)14-6-7-14)23-19(26)16-4-2-3-5-17(16)27-20(21)22/h2-5,8-12,14,20H,6-7H2,1H3,(H,23,26)(H,24,25). The van der Waals surface area contributed by atoms with Crippen molar-refractivity contribution in [2.75, 3.05) is 5.32 Å². The van der Waals surface area contributed by atoms with Gasteiger partial charge in [-0.3, -0.25) is 9.59 Å². The molecule has 5 nitrogen and oxygen atoms in total. The molecule has 0 saturated heterocycles. The number of carbonyl (C=O) groups excluding carboxylic acids is 2. The molecule has 142 valence electrons. The second-order valence-electron chi connectivity index (χ2n) is 6.46. The SMILES string of the molecule is CC(NC(=O)c1ccccc1OC(F)F)c1ccc(NC(=O)C2CC2)cc1. The summed E-state index contributed by atoms with van der Waals surface area (Å²) in [5.41, 5.74) is 1.56. The predicted octanol–water partition coefficient (Wildman–Crippen LogP) is 4.13. The quantitative estimate of drug-likeness (QED) is 0.766. The number of amides is 2. The molecule has 0 aromatic heterocycles. The fraction of sp³-hybridized carbons (Fsp3) is 0.300. The minimum Gasteiger partial charge on any atom is -0.434 e. The Kier molecular flexibility index (Phi) is 5.69. The van der Waals surface area contributed by atoms with Gasteiger partial charge in [0.1, 0.15) is 5.75 Å². The average molecular weight is 374 g/mol. The molecule has 0 heterocycles. The number of hydrogen-bond donors (Lipinski definition) is 2. The summed E-state index contributed by atoms with van der Waals surface area (Å²) in [5.74, 6) is -0.529. The van der Waals surface area contributed by atoms with E-state index < -0.39 is 12.5 Å². The first kappa shape index (κ1) is 18.8. The summed E-state index contributed by atoms with van der Waals surface area (Å²) in [6, 6.07) is 12.6. The van der Waals surface area contributed by atoms with E-state index in [4.69, 9.17) is 0 Å². The highest BCUT2D eigenvalue weighted by molar-refractivity contribution is 5.97. The Hall–Kier alpha value is -2.96. The monoisotopic (exact) mass is 374 g/mol. The number of nitrogens with one attached hydrogen (secondary N) is 2. The Morgan fingerprint density at radius 2 is 1.74 bits per heavy atom. The number of anilines is 1. The normalized spacial score (nSPS) is 14.5. The van der Waals surface area contributed by atoms with Gasteiger partial charge in [-0.1, -0.05) is 24.3 Å². The highest BCUT2D eigenvalue weighted by atomic mass is 19.3. The van der Waals surface area contributed by atoms with Gasteiger partial charge in [0, 0.05) is 11.6 Å². The van der Waals surface area contributed by atoms with Crippen LogP contribution in [-0.2, 0) is 4.79 Å². The van der Waals surface area contributed by atoms with Crippen molar-refractivity contribution in [2.24, 2.45) is 5.92 Å². The van der Waals surface area contributed by atoms with Crippen molar-refractivity contribution >= 4 is 17.5 Å². The van der Waals surface area contributed by atoms with Crippen LogP contribution in [0.15, 0.2) is 48.5 Å². The number of halogens is 2. The summed E-state index contributed by atoms with van der Waals surface area (Å²) in [6.07, 6.45) is 1.87. The Morgan fingerprint density at radius 3 is 2.37 bits per heavy atom. The third-order valence-corrected chi connectivity index (χ3v) is 4.32. The number of hydrogen-bond acceptors (Lipinski definition) is 3. The van der Waals surface area contributed by atoms with Crippen molar-refractivity contribution < 1.29 is 23.1 Å². The maximum atomic E-state index is 12.5. The van der Waals surface area contributed by atoms with E-state index in [-0.39, 0.29) is 29.2 Å². The van der Waals surface area contributed by atoms with Gasteiger partial charge in [-0.15, -0.1) is 0 Å². The van der Waals surface area contributed by atoms with E-state index in [0.29, 0.717) is 5.69 Å². The summed E-state index contributed by atoms with van der Waals surface area (Å²) >= 11 is 0. The molecule has 3 rings (SSSR count). The molecular formula is C20H20F2N2O3. The van der Waals surface area contributed by atoms with Crippen LogP contribution >= 0.6 is 0 Å². The number of rotatable bonds is 7. The molecule has 0 aliphatic heterocycles. The maximum absolute atomic E-state index is 12.5. The molecule has 0 bridgehead atoms. The molecule has 27 heavy (non-hydrogen) atoms. The van der Waals surface area contributed by atoms with Gasteiger partial charge in [0.25, 0.3) is 5.91 Å². The zero-order valence-electron chi connectivity index (χ0n) is 14.7. The maximum Gasteiger partial charge on any atom is 0.387 e. The fourth-order valence-electron chi connectivity index (χ4n) is 2.66. The lowest BCUT2D eigenvalue weighted by atomic mass is 10.1. The van der Waals surface area contributed by atoms with Crippen molar-refractivity contribution in [3.05, 3.63) is 59.7 Å². The van der Waals surface area contributed by atoms with E-state index in [2.05, 4.69) is 15.4 Å². The van der Waals surface area contributed by atoms with Crippen LogP contribution in [0.1, 0.15) is 41.7 Å². The van der Waals surface area contributed by atoms with Crippen LogP contribution in [0.5, 0.6) is 5.75 Å². The Balaban J connectivity index is 1.63. The molecule has 1 aliphatic rings. The highest BCUT2D eigenvalue weighted by Gasteiger charge is 2.29. The van der Waals surface area contributed by atoms with Gasteiger partial charge in [-0.2, -0.15) is 8.78 Å². The van der Waals surface area contributed by atoms with Crippen LogP contribution in [0.3, 0.4) is 0 Å². The second-order valence-corrected chi connectivity index (χ2v) is 6.46. The van der Waals surface area contributed by atoms with Gasteiger partial charge in [0.15, 0.2) is 0 Å². The van der Waals surface area contributed by atoms with Gasteiger partial charge in [-0.25, -0.2) is 0 Å². The van der Waals surface area contributed by atoms with E-state index in [9.17, 15) is 18.4 Å². The number of para-hydroxylation sites is 1. The summed E-state index contributed by atoms with van der Waals surface area (Å²) in [5, 5.41) is 5.61. The first-order valence-corrected chi connectivity index (χ1v) is 8.69. The lowest BCUT2D eigenvalue weighted by Gasteiger charge is -2.16. The number of carbonyl (C=O) groups is 2. The van der Waals surface area contributed by atoms with Gasteiger partial charge in [0.2, 0.25) is 5.91 Å². The minimum absolute atomic E-state index is 0.0275. The number of ether oxygens (including phenoxy) is 1. The van der Waals surface area contributed by atoms with E-state index in [1.54, 1.807) is 37.3 Å². The molecule has 0 radical (unpaired) electrons. The van der Waals surface area contributed by atoms with Crippen LogP contribution in [0.2, 0.25) is 0 Å². The van der Waals surface area contributed by atoms with Gasteiger partial charge in [-0.05, 0) is 49.6 Å². The first-order chi connectivity index (χ1) is 12.9. The molecular weight excluding hydrogens is 354 g/mol. The van der Waals surface area contributed by atoms with E-state index >= 15 is 0 Å². The summed E-state index contributed by atoms with van der Waals surface area (Å²) in [7, 11) is 0. The zero-order chi connectivity index (χ0) is 19.4. The van der Waals surface area contributed by atoms with Crippen LogP contribution in [0.4, 0.5) is 14.5 Å². The van der Waals surface area contributed by atoms with Gasteiger partial charge < -0.3 is 15.4 Å². The fourth-order valence-corrected chi connectivity index (χ4v) is 2.66. The largest absolute Gasteiger partial charge is 0.434 e. The Labute approximate surface area is 155 Å². The lowest BCUT2D eigenvalue weighted by Crippen LogP contribution is -2.27. The Bertz CT molecular complexity index is 820. The molecule has 1 aliphatic carbocycles. The smallest absolute Gasteiger partial charge is 0.387 e.